The smallest absolute Gasteiger partial charge is 0.255 e. The average Bonchev–Trinajstić information content (AvgIpc) is 3.19. The summed E-state index contributed by atoms with van der Waals surface area (Å²) in [7, 11) is 1.93. The number of carbonyl (C=O) groups is 1. The zero-order chi connectivity index (χ0) is 20.8. The van der Waals surface area contributed by atoms with Gasteiger partial charge in [0.1, 0.15) is 18.2 Å². The molecule has 1 heterocycles. The molecule has 0 saturated carbocycles. The molecule has 150 valence electrons. The van der Waals surface area contributed by atoms with Gasteiger partial charge in [-0.2, -0.15) is 0 Å². The Hall–Kier alpha value is -3.86. The van der Waals surface area contributed by atoms with Crippen molar-refractivity contribution in [3.63, 3.8) is 0 Å². The molecule has 4 rings (SSSR count). The summed E-state index contributed by atoms with van der Waals surface area (Å²) < 4.78 is 7.68. The quantitative estimate of drug-likeness (QED) is 0.485. The van der Waals surface area contributed by atoms with Gasteiger partial charge < -0.3 is 14.6 Å². The Kier molecular flexibility index (Phi) is 5.90. The van der Waals surface area contributed by atoms with E-state index in [2.05, 4.69) is 22.4 Å². The number of benzene rings is 3. The molecule has 0 aliphatic rings. The number of carbonyl (C=O) groups excluding carboxylic acids is 1. The van der Waals surface area contributed by atoms with Crippen molar-refractivity contribution in [3.8, 4) is 5.75 Å². The molecule has 30 heavy (non-hydrogen) atoms. The molecule has 0 saturated heterocycles. The lowest BCUT2D eigenvalue weighted by Gasteiger charge is -2.11. The van der Waals surface area contributed by atoms with Gasteiger partial charge >= 0.3 is 0 Å². The second-order valence-corrected chi connectivity index (χ2v) is 7.04. The zero-order valence-corrected chi connectivity index (χ0v) is 16.8. The van der Waals surface area contributed by atoms with Crippen molar-refractivity contribution in [2.75, 3.05) is 5.32 Å². The Morgan fingerprint density at radius 3 is 2.43 bits per heavy atom. The van der Waals surface area contributed by atoms with Crippen LogP contribution in [0.25, 0.3) is 0 Å². The molecular weight excluding hydrogens is 374 g/mol. The number of nitrogens with zero attached hydrogens (tertiary/aromatic N) is 2. The van der Waals surface area contributed by atoms with Crippen LogP contribution in [0.5, 0.6) is 5.75 Å². The highest BCUT2D eigenvalue weighted by molar-refractivity contribution is 6.05. The van der Waals surface area contributed by atoms with Gasteiger partial charge in [0.2, 0.25) is 0 Å². The number of aryl methyl sites for hydroxylation is 1. The van der Waals surface area contributed by atoms with Crippen LogP contribution in [0.1, 0.15) is 27.3 Å². The molecule has 0 aliphatic heterocycles. The molecule has 4 aromatic rings. The van der Waals surface area contributed by atoms with E-state index in [1.54, 1.807) is 6.20 Å². The first-order valence-electron chi connectivity index (χ1n) is 9.81. The van der Waals surface area contributed by atoms with Crippen LogP contribution in [0.4, 0.5) is 5.69 Å². The first-order valence-corrected chi connectivity index (χ1v) is 9.81. The number of amides is 1. The number of anilines is 1. The van der Waals surface area contributed by atoms with Gasteiger partial charge in [-0.1, -0.05) is 48.5 Å². The highest BCUT2D eigenvalue weighted by atomic mass is 16.5. The van der Waals surface area contributed by atoms with Crippen LogP contribution in [0.3, 0.4) is 0 Å². The van der Waals surface area contributed by atoms with Gasteiger partial charge in [0.05, 0.1) is 0 Å². The number of ether oxygens (including phenoxy) is 1. The zero-order valence-electron chi connectivity index (χ0n) is 16.8. The molecule has 5 heteroatoms. The van der Waals surface area contributed by atoms with E-state index in [0.717, 1.165) is 22.8 Å². The molecule has 0 radical (unpaired) electrons. The molecule has 1 N–H and O–H groups in total. The molecule has 5 nitrogen and oxygen atoms in total. The first-order chi connectivity index (χ1) is 14.7. The minimum atomic E-state index is -0.122. The summed E-state index contributed by atoms with van der Waals surface area (Å²) in [4.78, 5) is 17.1. The van der Waals surface area contributed by atoms with Gasteiger partial charge in [0.15, 0.2) is 0 Å². The Labute approximate surface area is 176 Å². The predicted molar refractivity (Wildman–Crippen MR) is 118 cm³/mol. The summed E-state index contributed by atoms with van der Waals surface area (Å²) in [5, 5.41) is 2.98. The monoisotopic (exact) mass is 397 g/mol. The molecular formula is C25H23N3O2. The summed E-state index contributed by atoms with van der Waals surface area (Å²) >= 11 is 0. The maximum absolute atomic E-state index is 12.9. The second kappa shape index (κ2) is 9.09. The van der Waals surface area contributed by atoms with E-state index < -0.39 is 0 Å². The number of rotatable bonds is 7. The van der Waals surface area contributed by atoms with E-state index in [1.165, 1.54) is 5.56 Å². The van der Waals surface area contributed by atoms with Crippen LogP contribution in [0, 0.1) is 0 Å². The molecule has 0 spiro atoms. The van der Waals surface area contributed by atoms with Crippen LogP contribution in [0.15, 0.2) is 91.3 Å². The minimum Gasteiger partial charge on any atom is -0.486 e. The molecule has 0 atom stereocenters. The van der Waals surface area contributed by atoms with Crippen LogP contribution in [0.2, 0.25) is 0 Å². The maximum Gasteiger partial charge on any atom is 0.255 e. The SMILES string of the molecule is Cn1ccnc1COc1ccc(NC(=O)c2ccccc2Cc2ccccc2)cc1. The third kappa shape index (κ3) is 4.75. The minimum absolute atomic E-state index is 0.122. The summed E-state index contributed by atoms with van der Waals surface area (Å²) in [6.45, 7) is 0.391. The number of hydrogen-bond donors (Lipinski definition) is 1. The standard InChI is InChI=1S/C25H23N3O2/c1-28-16-15-26-24(28)18-30-22-13-11-21(12-14-22)27-25(29)23-10-6-5-9-20(23)17-19-7-3-2-4-8-19/h2-16H,17-18H2,1H3,(H,27,29). The van der Waals surface area contributed by atoms with Crippen LogP contribution < -0.4 is 10.1 Å². The van der Waals surface area contributed by atoms with Crippen molar-refractivity contribution in [2.45, 2.75) is 13.0 Å². The molecule has 1 amide bonds. The van der Waals surface area contributed by atoms with E-state index in [4.69, 9.17) is 4.74 Å². The Balaban J connectivity index is 1.41. The molecule has 0 aliphatic carbocycles. The summed E-state index contributed by atoms with van der Waals surface area (Å²) in [5.74, 6) is 1.45. The average molecular weight is 397 g/mol. The second-order valence-electron chi connectivity index (χ2n) is 7.04. The van der Waals surface area contributed by atoms with E-state index in [-0.39, 0.29) is 5.91 Å². The van der Waals surface area contributed by atoms with Crippen molar-refractivity contribution < 1.29 is 9.53 Å². The molecule has 3 aromatic carbocycles. The van der Waals surface area contributed by atoms with Crippen LogP contribution >= 0.6 is 0 Å². The first kappa shape index (κ1) is 19.5. The van der Waals surface area contributed by atoms with E-state index in [1.807, 2.05) is 84.5 Å². The lowest BCUT2D eigenvalue weighted by atomic mass is 9.99. The van der Waals surface area contributed by atoms with Gasteiger partial charge in [-0.05, 0) is 47.9 Å². The van der Waals surface area contributed by atoms with Crippen molar-refractivity contribution in [1.29, 1.82) is 0 Å². The number of imidazole rings is 1. The summed E-state index contributed by atoms with van der Waals surface area (Å²) in [6, 6.07) is 25.2. The normalized spacial score (nSPS) is 10.6. The number of nitrogens with one attached hydrogen (secondary N) is 1. The maximum atomic E-state index is 12.9. The molecule has 1 aromatic heterocycles. The molecule has 0 unspecified atom stereocenters. The highest BCUT2D eigenvalue weighted by Gasteiger charge is 2.12. The number of aromatic nitrogens is 2. The van der Waals surface area contributed by atoms with Crippen molar-refractivity contribution in [2.24, 2.45) is 7.05 Å². The molecule has 0 fully saturated rings. The van der Waals surface area contributed by atoms with Gasteiger partial charge in [0.25, 0.3) is 5.91 Å². The Bertz CT molecular complexity index is 1120. The highest BCUT2D eigenvalue weighted by Crippen LogP contribution is 2.19. The number of hydrogen-bond acceptors (Lipinski definition) is 3. The van der Waals surface area contributed by atoms with E-state index in [9.17, 15) is 4.79 Å². The third-order valence-corrected chi connectivity index (χ3v) is 4.90. The largest absolute Gasteiger partial charge is 0.486 e. The van der Waals surface area contributed by atoms with Gasteiger partial charge in [-0.25, -0.2) is 4.98 Å². The van der Waals surface area contributed by atoms with Crippen molar-refractivity contribution in [3.05, 3.63) is 114 Å². The Morgan fingerprint density at radius 2 is 1.70 bits per heavy atom. The Morgan fingerprint density at radius 1 is 0.967 bits per heavy atom. The van der Waals surface area contributed by atoms with Crippen molar-refractivity contribution in [1.82, 2.24) is 9.55 Å². The summed E-state index contributed by atoms with van der Waals surface area (Å²) in [5.41, 5.74) is 3.57. The van der Waals surface area contributed by atoms with Gasteiger partial charge in [0, 0.05) is 30.7 Å². The van der Waals surface area contributed by atoms with Gasteiger partial charge in [-0.15, -0.1) is 0 Å². The van der Waals surface area contributed by atoms with E-state index in [0.29, 0.717) is 18.6 Å². The molecule has 0 bridgehead atoms. The van der Waals surface area contributed by atoms with E-state index >= 15 is 0 Å². The van der Waals surface area contributed by atoms with Gasteiger partial charge in [-0.3, -0.25) is 4.79 Å². The third-order valence-electron chi connectivity index (χ3n) is 4.90. The fourth-order valence-electron chi connectivity index (χ4n) is 3.23. The van der Waals surface area contributed by atoms with Crippen LogP contribution in [-0.2, 0) is 20.1 Å². The van der Waals surface area contributed by atoms with Crippen LogP contribution in [-0.4, -0.2) is 15.5 Å². The fraction of sp³-hybridized carbons (Fsp3) is 0.120. The lowest BCUT2D eigenvalue weighted by molar-refractivity contribution is 0.102. The predicted octanol–water partition coefficient (Wildman–Crippen LogP) is 4.84. The van der Waals surface area contributed by atoms with Crippen molar-refractivity contribution >= 4 is 11.6 Å². The fourth-order valence-corrected chi connectivity index (χ4v) is 3.23. The lowest BCUT2D eigenvalue weighted by Crippen LogP contribution is -2.14. The summed E-state index contributed by atoms with van der Waals surface area (Å²) in [6.07, 6.45) is 4.34. The topological polar surface area (TPSA) is 56.1 Å².